The smallest absolute Gasteiger partial charge is 0.386 e. The molecular weight excluding hydrogens is 609 g/mol. The van der Waals surface area contributed by atoms with E-state index < -0.39 is 74.8 Å². The number of aromatic amines is 1. The highest BCUT2D eigenvalue weighted by molar-refractivity contribution is 8.44. The van der Waals surface area contributed by atoms with E-state index in [4.69, 9.17) is 30.0 Å². The molecule has 0 amide bonds. The minimum absolute atomic E-state index is 0.0549. The van der Waals surface area contributed by atoms with Crippen molar-refractivity contribution >= 4 is 53.1 Å². The van der Waals surface area contributed by atoms with Crippen molar-refractivity contribution in [1.29, 1.82) is 0 Å². The summed E-state index contributed by atoms with van der Waals surface area (Å²) in [5.41, 5.74) is 10.8. The lowest BCUT2D eigenvalue weighted by molar-refractivity contribution is -0.0530. The number of fused-ring (bicyclic) bond motifs is 2. The standard InChI is InChI=1S/C20H23F2N10O8PS/c21-8-6(1-33)38-19(32-5-28-11-16(32)29-20(24)30-17(11)35)13(8)40-41(36,42)37-2-7-12(34)9(22)18(39-7)31-4-27-10-14(23)25-3-26-15(10)31/h3-9,12-13,18-19,33-34H,1-2H2,(H,36,42)(H2,23,25,26)(H3,24,29,30,35)/t6-,7-,8-,9+,12-,13-,18-,19-,41+/m1/s1. The molecule has 0 bridgehead atoms. The second-order valence-electron chi connectivity index (χ2n) is 9.38. The summed E-state index contributed by atoms with van der Waals surface area (Å²) >= 11 is 3.91. The maximum Gasteiger partial charge on any atom is 0.386 e. The van der Waals surface area contributed by atoms with Crippen molar-refractivity contribution in [2.45, 2.75) is 49.2 Å². The Morgan fingerprint density at radius 2 is 1.74 bits per heavy atom. The maximum atomic E-state index is 15.3. The highest BCUT2D eigenvalue weighted by Gasteiger charge is 2.51. The Bertz CT molecular complexity index is 1740. The van der Waals surface area contributed by atoms with Gasteiger partial charge in [0.05, 0.1) is 25.9 Å². The molecule has 2 aliphatic rings. The Kier molecular flexibility index (Phi) is 7.38. The number of imidazole rings is 2. The van der Waals surface area contributed by atoms with Crippen LogP contribution in [0, 0.1) is 0 Å². The summed E-state index contributed by atoms with van der Waals surface area (Å²) in [5.74, 6) is -0.207. The summed E-state index contributed by atoms with van der Waals surface area (Å²) in [7, 11) is 0. The number of nitrogens with one attached hydrogen (secondary N) is 1. The highest BCUT2D eigenvalue weighted by Crippen LogP contribution is 2.57. The molecule has 4 aromatic rings. The fraction of sp³-hybridized carbons (Fsp3) is 0.500. The number of nitrogens with zero attached hydrogens (tertiary/aromatic N) is 7. The highest BCUT2D eigenvalue weighted by atomic mass is 32.7. The van der Waals surface area contributed by atoms with Crippen molar-refractivity contribution in [3.8, 4) is 0 Å². The van der Waals surface area contributed by atoms with E-state index in [0.29, 0.717) is 0 Å². The van der Waals surface area contributed by atoms with Crippen molar-refractivity contribution in [1.82, 2.24) is 39.0 Å². The molecule has 0 saturated carbocycles. The molecule has 9 atom stereocenters. The molecule has 0 spiro atoms. The van der Waals surface area contributed by atoms with E-state index in [1.165, 1.54) is 10.9 Å². The first kappa shape index (κ1) is 28.8. The minimum atomic E-state index is -4.48. The van der Waals surface area contributed by atoms with Crippen molar-refractivity contribution in [2.75, 3.05) is 24.7 Å². The van der Waals surface area contributed by atoms with Crippen molar-refractivity contribution < 1.29 is 42.1 Å². The van der Waals surface area contributed by atoms with Gasteiger partial charge < -0.3 is 31.2 Å². The van der Waals surface area contributed by atoms with Crippen LogP contribution in [0.1, 0.15) is 12.5 Å². The number of aromatic nitrogens is 8. The summed E-state index contributed by atoms with van der Waals surface area (Å²) < 4.78 is 67.7. The van der Waals surface area contributed by atoms with E-state index in [9.17, 15) is 19.6 Å². The van der Waals surface area contributed by atoms with Gasteiger partial charge in [-0.15, -0.1) is 0 Å². The third kappa shape index (κ3) is 4.90. The second kappa shape index (κ2) is 10.8. The molecule has 2 aliphatic heterocycles. The average Bonchev–Trinajstić information content (AvgIpc) is 3.69. The molecule has 2 fully saturated rings. The Hall–Kier alpha value is -3.30. The molecule has 2 saturated heterocycles. The first-order valence-electron chi connectivity index (χ1n) is 12.2. The van der Waals surface area contributed by atoms with Crippen LogP contribution >= 0.6 is 19.0 Å². The molecule has 7 N–H and O–H groups in total. The molecular formula is C20H23F2N10O8PS. The zero-order valence-corrected chi connectivity index (χ0v) is 22.8. The first-order chi connectivity index (χ1) is 20.0. The number of alkyl halides is 2. The van der Waals surface area contributed by atoms with Gasteiger partial charge in [-0.2, -0.15) is 4.98 Å². The van der Waals surface area contributed by atoms with Crippen LogP contribution in [0.2, 0.25) is 0 Å². The second-order valence-corrected chi connectivity index (χ2v) is 12.3. The zero-order valence-electron chi connectivity index (χ0n) is 21.0. The van der Waals surface area contributed by atoms with Gasteiger partial charge in [-0.25, -0.2) is 33.3 Å². The van der Waals surface area contributed by atoms with Gasteiger partial charge in [0.25, 0.3) is 5.56 Å². The van der Waals surface area contributed by atoms with Crippen LogP contribution in [0.25, 0.3) is 22.3 Å². The van der Waals surface area contributed by atoms with Gasteiger partial charge in [0.1, 0.15) is 36.3 Å². The van der Waals surface area contributed by atoms with Crippen LogP contribution < -0.4 is 17.0 Å². The molecule has 18 nitrogen and oxygen atoms in total. The van der Waals surface area contributed by atoms with Gasteiger partial charge >= 0.3 is 6.80 Å². The topological polar surface area (TPSA) is 254 Å². The number of thiol groups is 1. The minimum Gasteiger partial charge on any atom is -0.394 e. The van der Waals surface area contributed by atoms with Gasteiger partial charge in [-0.05, 0) is 0 Å². The predicted molar refractivity (Wildman–Crippen MR) is 140 cm³/mol. The van der Waals surface area contributed by atoms with Crippen LogP contribution in [0.15, 0.2) is 23.8 Å². The summed E-state index contributed by atoms with van der Waals surface area (Å²) in [6, 6.07) is 0. The predicted octanol–water partition coefficient (Wildman–Crippen LogP) is -0.612. The average molecular weight is 633 g/mol. The van der Waals surface area contributed by atoms with E-state index in [-0.39, 0.29) is 34.1 Å². The Morgan fingerprint density at radius 1 is 1.05 bits per heavy atom. The number of halogens is 2. The van der Waals surface area contributed by atoms with Crippen molar-refractivity contribution in [3.05, 3.63) is 29.3 Å². The Morgan fingerprint density at radius 3 is 2.48 bits per heavy atom. The van der Waals surface area contributed by atoms with Gasteiger partial charge in [-0.1, -0.05) is 12.2 Å². The normalized spacial score (nSPS) is 31.3. The molecule has 226 valence electrons. The van der Waals surface area contributed by atoms with Gasteiger partial charge in [0.2, 0.25) is 5.95 Å². The molecule has 0 unspecified atom stereocenters. The number of anilines is 2. The third-order valence-electron chi connectivity index (χ3n) is 6.78. The van der Waals surface area contributed by atoms with Crippen LogP contribution in [0.3, 0.4) is 0 Å². The van der Waals surface area contributed by atoms with Gasteiger partial charge in [0.15, 0.2) is 47.4 Å². The Labute approximate surface area is 237 Å². The maximum absolute atomic E-state index is 15.3. The summed E-state index contributed by atoms with van der Waals surface area (Å²) in [6.45, 7) is -5.95. The van der Waals surface area contributed by atoms with Crippen LogP contribution in [-0.2, 0) is 23.1 Å². The number of ether oxygens (including phenoxy) is 2. The molecule has 22 heteroatoms. The molecule has 6 heterocycles. The van der Waals surface area contributed by atoms with E-state index in [2.05, 4.69) is 42.2 Å². The third-order valence-corrected chi connectivity index (χ3v) is 8.40. The summed E-state index contributed by atoms with van der Waals surface area (Å²) in [5, 5.41) is 20.1. The number of H-pyrrole nitrogens is 1. The number of nitrogens with two attached hydrogens (primary N) is 2. The molecule has 0 aliphatic carbocycles. The number of aliphatic hydroxyl groups excluding tert-OH is 2. The fourth-order valence-corrected chi connectivity index (χ4v) is 6.23. The number of nitrogen functional groups attached to an aromatic ring is 2. The zero-order chi connectivity index (χ0) is 29.9. The number of hydrogen-bond donors (Lipinski definition) is 6. The van der Waals surface area contributed by atoms with E-state index in [0.717, 1.165) is 17.2 Å². The lowest BCUT2D eigenvalue weighted by Crippen LogP contribution is -2.33. The fourth-order valence-electron chi connectivity index (χ4n) is 4.78. The van der Waals surface area contributed by atoms with Crippen molar-refractivity contribution in [3.63, 3.8) is 0 Å². The van der Waals surface area contributed by atoms with Crippen LogP contribution in [-0.4, -0.2) is 99.2 Å². The van der Waals surface area contributed by atoms with Crippen LogP contribution in [0.4, 0.5) is 20.5 Å². The number of rotatable bonds is 8. The Balaban J connectivity index is 1.19. The van der Waals surface area contributed by atoms with Gasteiger partial charge in [0, 0.05) is 0 Å². The first-order valence-corrected chi connectivity index (χ1v) is 14.9. The number of aliphatic hydroxyl groups is 2. The lowest BCUT2D eigenvalue weighted by Gasteiger charge is -2.25. The monoisotopic (exact) mass is 632 g/mol. The molecule has 4 aromatic heterocycles. The van der Waals surface area contributed by atoms with Gasteiger partial charge in [-0.3, -0.25) is 28.0 Å². The lowest BCUT2D eigenvalue weighted by atomic mass is 10.1. The molecule has 42 heavy (non-hydrogen) atoms. The molecule has 0 radical (unpaired) electrons. The van der Waals surface area contributed by atoms with E-state index in [1.54, 1.807) is 0 Å². The van der Waals surface area contributed by atoms with Crippen molar-refractivity contribution in [2.24, 2.45) is 0 Å². The summed E-state index contributed by atoms with van der Waals surface area (Å²) in [6.07, 6.45) is -9.70. The van der Waals surface area contributed by atoms with E-state index in [1.807, 2.05) is 0 Å². The molecule has 0 aromatic carbocycles. The summed E-state index contributed by atoms with van der Waals surface area (Å²) in [4.78, 5) is 34.2. The quantitative estimate of drug-likeness (QED) is 0.105. The van der Waals surface area contributed by atoms with E-state index >= 15 is 8.78 Å². The molecule has 6 rings (SSSR count). The van der Waals surface area contributed by atoms with Crippen LogP contribution in [0.5, 0.6) is 0 Å². The SMILES string of the molecule is Nc1nc2c(ncn2[C@@H]2O[C@H](CO)[C@@H](F)[C@H]2O[P@@](=O)(S)OC[C@H]2O[C@@H](n3cnc4c(N)ncnc43)[C@@H](F)[C@@H]2O)c(=O)[nH]1. The largest absolute Gasteiger partial charge is 0.394 e. The number of hydrogen-bond acceptors (Lipinski definition) is 15.